The lowest BCUT2D eigenvalue weighted by molar-refractivity contribution is -0.870. The van der Waals surface area contributed by atoms with Crippen molar-refractivity contribution in [3.8, 4) is 0 Å². The number of hydrogen-bond donors (Lipinski definition) is 2. The maximum Gasteiger partial charge on any atom is 0.268 e. The van der Waals surface area contributed by atoms with Gasteiger partial charge in [-0.15, -0.1) is 0 Å². The Bertz CT molecular complexity index is 855. The molecule has 0 aromatic rings. The quantitative estimate of drug-likeness (QED) is 0.0244. The number of rotatable bonds is 32. The van der Waals surface area contributed by atoms with E-state index in [-0.39, 0.29) is 19.1 Å². The number of carbonyl (C=O) groups is 1. The van der Waals surface area contributed by atoms with E-state index in [4.69, 9.17) is 9.05 Å². The van der Waals surface area contributed by atoms with Crippen LogP contribution in [0.25, 0.3) is 0 Å². The number of unbranched alkanes of at least 4 members (excludes halogenated alkanes) is 16. The molecule has 2 N–H and O–H groups in total. The second-order valence-corrected chi connectivity index (χ2v) is 15.0. The Labute approximate surface area is 283 Å². The van der Waals surface area contributed by atoms with Gasteiger partial charge in [0.2, 0.25) is 5.91 Å². The highest BCUT2D eigenvalue weighted by atomic mass is 31.2. The Morgan fingerprint density at radius 1 is 0.761 bits per heavy atom. The molecule has 3 unspecified atom stereocenters. The van der Waals surface area contributed by atoms with Crippen molar-refractivity contribution in [1.82, 2.24) is 5.32 Å². The lowest BCUT2D eigenvalue weighted by Crippen LogP contribution is -2.45. The van der Waals surface area contributed by atoms with Gasteiger partial charge in [0.15, 0.2) is 0 Å². The summed E-state index contributed by atoms with van der Waals surface area (Å²) in [5, 5.41) is 13.6. The first kappa shape index (κ1) is 44.7. The number of aliphatic hydroxyl groups excluding tert-OH is 1. The molecule has 1 amide bonds. The smallest absolute Gasteiger partial charge is 0.268 e. The summed E-state index contributed by atoms with van der Waals surface area (Å²) >= 11 is 0. The van der Waals surface area contributed by atoms with E-state index in [1.807, 2.05) is 27.2 Å². The average molecular weight is 671 g/mol. The third kappa shape index (κ3) is 31.3. The van der Waals surface area contributed by atoms with Crippen molar-refractivity contribution in [2.45, 2.75) is 154 Å². The van der Waals surface area contributed by atoms with E-state index in [0.29, 0.717) is 17.4 Å². The van der Waals surface area contributed by atoms with E-state index >= 15 is 0 Å². The summed E-state index contributed by atoms with van der Waals surface area (Å²) in [4.78, 5) is 25.1. The largest absolute Gasteiger partial charge is 0.756 e. The zero-order chi connectivity index (χ0) is 34.4. The van der Waals surface area contributed by atoms with Crippen molar-refractivity contribution in [3.63, 3.8) is 0 Å². The van der Waals surface area contributed by atoms with E-state index in [9.17, 15) is 19.4 Å². The molecule has 9 heteroatoms. The number of carbonyl (C=O) groups excluding carboxylic acids is 1. The number of nitrogens with zero attached hydrogens (tertiary/aromatic N) is 1. The van der Waals surface area contributed by atoms with E-state index in [1.54, 1.807) is 6.08 Å². The van der Waals surface area contributed by atoms with Gasteiger partial charge in [0.1, 0.15) is 13.2 Å². The monoisotopic (exact) mass is 671 g/mol. The molecule has 0 spiro atoms. The fourth-order valence-corrected chi connectivity index (χ4v) is 5.57. The van der Waals surface area contributed by atoms with Crippen molar-refractivity contribution in [2.24, 2.45) is 0 Å². The molecule has 0 aliphatic heterocycles. The molecule has 0 saturated heterocycles. The second-order valence-electron chi connectivity index (χ2n) is 13.6. The van der Waals surface area contributed by atoms with Crippen molar-refractivity contribution in [3.05, 3.63) is 36.5 Å². The van der Waals surface area contributed by atoms with Crippen LogP contribution in [0.1, 0.15) is 142 Å². The molecule has 8 nitrogen and oxygen atoms in total. The van der Waals surface area contributed by atoms with Crippen LogP contribution in [0.3, 0.4) is 0 Å². The molecule has 0 fully saturated rings. The zero-order valence-corrected chi connectivity index (χ0v) is 31.2. The third-order valence-corrected chi connectivity index (χ3v) is 8.84. The molecule has 0 rings (SSSR count). The molecule has 0 bridgehead atoms. The highest BCUT2D eigenvalue weighted by Crippen LogP contribution is 2.38. The van der Waals surface area contributed by atoms with Crippen LogP contribution in [0, 0.1) is 0 Å². The van der Waals surface area contributed by atoms with Crippen LogP contribution in [0.4, 0.5) is 0 Å². The van der Waals surface area contributed by atoms with Gasteiger partial charge < -0.3 is 28.8 Å². The second kappa shape index (κ2) is 29.8. The number of likely N-dealkylation sites (N-methyl/N-ethyl adjacent to an activating group) is 1. The van der Waals surface area contributed by atoms with Crippen molar-refractivity contribution in [2.75, 3.05) is 40.9 Å². The van der Waals surface area contributed by atoms with E-state index in [2.05, 4.69) is 43.5 Å². The van der Waals surface area contributed by atoms with Gasteiger partial charge in [-0.25, -0.2) is 0 Å². The molecule has 46 heavy (non-hydrogen) atoms. The van der Waals surface area contributed by atoms with E-state index < -0.39 is 20.0 Å². The van der Waals surface area contributed by atoms with Crippen LogP contribution in [-0.4, -0.2) is 68.5 Å². The normalized spacial score (nSPS) is 15.2. The van der Waals surface area contributed by atoms with Gasteiger partial charge >= 0.3 is 0 Å². The number of hydrogen-bond acceptors (Lipinski definition) is 6. The van der Waals surface area contributed by atoms with Gasteiger partial charge in [-0.2, -0.15) is 0 Å². The molecular formula is C37H71N2O6P. The van der Waals surface area contributed by atoms with Gasteiger partial charge in [-0.05, 0) is 44.9 Å². The minimum atomic E-state index is -4.58. The summed E-state index contributed by atoms with van der Waals surface area (Å²) in [7, 11) is 1.24. The summed E-state index contributed by atoms with van der Waals surface area (Å²) in [5.41, 5.74) is 0. The Kier molecular flexibility index (Phi) is 29.0. The summed E-state index contributed by atoms with van der Waals surface area (Å²) in [6.07, 6.45) is 33.3. The first-order chi connectivity index (χ1) is 22.0. The number of nitrogens with one attached hydrogen (secondary N) is 1. The van der Waals surface area contributed by atoms with Crippen LogP contribution in [0.2, 0.25) is 0 Å². The van der Waals surface area contributed by atoms with Crippen LogP contribution >= 0.6 is 7.82 Å². The Morgan fingerprint density at radius 2 is 1.24 bits per heavy atom. The zero-order valence-electron chi connectivity index (χ0n) is 30.3. The van der Waals surface area contributed by atoms with Crippen LogP contribution in [0.5, 0.6) is 0 Å². The lowest BCUT2D eigenvalue weighted by Gasteiger charge is -2.29. The predicted molar refractivity (Wildman–Crippen MR) is 191 cm³/mol. The molecule has 0 saturated carbocycles. The molecule has 270 valence electrons. The summed E-state index contributed by atoms with van der Waals surface area (Å²) in [6.45, 7) is 4.54. The first-order valence-electron chi connectivity index (χ1n) is 18.4. The summed E-state index contributed by atoms with van der Waals surface area (Å²) in [6, 6.07) is -0.888. The molecule has 3 atom stereocenters. The van der Waals surface area contributed by atoms with Gasteiger partial charge in [0.05, 0.1) is 39.9 Å². The maximum atomic E-state index is 12.7. The van der Waals surface area contributed by atoms with Crippen molar-refractivity contribution < 1.29 is 32.9 Å². The van der Waals surface area contributed by atoms with Crippen molar-refractivity contribution >= 4 is 13.7 Å². The Morgan fingerprint density at radius 3 is 1.80 bits per heavy atom. The van der Waals surface area contributed by atoms with Crippen LogP contribution in [-0.2, 0) is 18.4 Å². The van der Waals surface area contributed by atoms with Gasteiger partial charge in [-0.1, -0.05) is 127 Å². The number of phosphoric acid groups is 1. The van der Waals surface area contributed by atoms with Crippen molar-refractivity contribution in [1.29, 1.82) is 0 Å². The Balaban J connectivity index is 4.54. The lowest BCUT2D eigenvalue weighted by atomic mass is 10.1. The third-order valence-electron chi connectivity index (χ3n) is 7.87. The van der Waals surface area contributed by atoms with Gasteiger partial charge in [-0.3, -0.25) is 9.36 Å². The first-order valence-corrected chi connectivity index (χ1v) is 19.8. The van der Waals surface area contributed by atoms with E-state index in [0.717, 1.165) is 57.8 Å². The SMILES string of the molecule is CCCCC/C=C\C=C/CCCCCCCCC(=O)NC(COP(=O)([O-])OCC[N+](C)(C)C)C(O)/C=C/CCCCCCCCC. The highest BCUT2D eigenvalue weighted by molar-refractivity contribution is 7.45. The van der Waals surface area contributed by atoms with Crippen LogP contribution < -0.4 is 10.2 Å². The van der Waals surface area contributed by atoms with E-state index in [1.165, 1.54) is 64.2 Å². The highest BCUT2D eigenvalue weighted by Gasteiger charge is 2.23. The fourth-order valence-electron chi connectivity index (χ4n) is 4.85. The average Bonchev–Trinajstić information content (AvgIpc) is 2.99. The number of allylic oxidation sites excluding steroid dienone is 5. The molecule has 0 aromatic heterocycles. The standard InChI is InChI=1S/C37H71N2O6P/c1-6-8-10-12-14-16-17-18-19-20-21-23-25-27-29-31-37(41)38-35(34-45-46(42,43)44-33-32-39(3,4)5)36(40)30-28-26-24-22-15-13-11-9-7-2/h14,16-18,28,30,35-36,40H,6-13,15,19-27,29,31-34H2,1-5H3,(H-,38,41,42,43)/b16-14-,18-17-,30-28+. The molecule has 0 aliphatic rings. The summed E-state index contributed by atoms with van der Waals surface area (Å²) in [5.74, 6) is -0.215. The molecule has 0 radical (unpaired) electrons. The summed E-state index contributed by atoms with van der Waals surface area (Å²) < 4.78 is 23.0. The number of amides is 1. The maximum absolute atomic E-state index is 12.7. The molecule has 0 heterocycles. The molecule has 0 aromatic carbocycles. The van der Waals surface area contributed by atoms with Gasteiger partial charge in [0.25, 0.3) is 7.82 Å². The van der Waals surface area contributed by atoms with Gasteiger partial charge in [0, 0.05) is 6.42 Å². The van der Waals surface area contributed by atoms with Crippen LogP contribution in [0.15, 0.2) is 36.5 Å². The number of phosphoric ester groups is 1. The fraction of sp³-hybridized carbons (Fsp3) is 0.811. The Hall–Kier alpha value is -1.28. The molecule has 0 aliphatic carbocycles. The number of aliphatic hydroxyl groups is 1. The minimum Gasteiger partial charge on any atom is -0.756 e. The molecular weight excluding hydrogens is 599 g/mol. The minimum absolute atomic E-state index is 0.00452. The predicted octanol–water partition coefficient (Wildman–Crippen LogP) is 8.55. The number of quaternary nitrogens is 1. The topological polar surface area (TPSA) is 108 Å².